The molecule has 4 saturated carbocycles. The summed E-state index contributed by atoms with van der Waals surface area (Å²) in [5, 5.41) is 3.21. The summed E-state index contributed by atoms with van der Waals surface area (Å²) >= 11 is 0. The van der Waals surface area contributed by atoms with Crippen molar-refractivity contribution in [1.82, 2.24) is 14.9 Å². The fraction of sp³-hybridized carbons (Fsp3) is 0.607. The number of hydrogen-bond acceptors (Lipinski definition) is 5. The Morgan fingerprint density at radius 1 is 1.15 bits per heavy atom. The molecule has 1 aliphatic heterocycles. The van der Waals surface area contributed by atoms with E-state index in [-0.39, 0.29) is 11.3 Å². The monoisotopic (exact) mass is 460 g/mol. The number of benzene rings is 1. The van der Waals surface area contributed by atoms with Gasteiger partial charge in [-0.25, -0.2) is 9.97 Å². The van der Waals surface area contributed by atoms with Crippen molar-refractivity contribution in [3.63, 3.8) is 0 Å². The number of aryl methyl sites for hydroxylation is 1. The van der Waals surface area contributed by atoms with Crippen molar-refractivity contribution in [3.05, 3.63) is 46.9 Å². The first kappa shape index (κ1) is 22.0. The first-order valence-corrected chi connectivity index (χ1v) is 13.0. The van der Waals surface area contributed by atoms with Crippen LogP contribution < -0.4 is 10.1 Å². The zero-order chi connectivity index (χ0) is 23.3. The summed E-state index contributed by atoms with van der Waals surface area (Å²) in [4.78, 5) is 24.7. The van der Waals surface area contributed by atoms with Gasteiger partial charge < -0.3 is 10.1 Å². The second-order valence-electron chi connectivity index (χ2n) is 11.6. The Balaban J connectivity index is 1.11. The highest BCUT2D eigenvalue weighted by atomic mass is 16.5. The summed E-state index contributed by atoms with van der Waals surface area (Å²) in [6, 6.07) is 6.38. The van der Waals surface area contributed by atoms with Crippen LogP contribution >= 0.6 is 0 Å². The molecule has 2 aromatic rings. The highest BCUT2D eigenvalue weighted by Crippen LogP contribution is 2.61. The molecule has 1 N–H and O–H groups in total. The molecule has 6 nitrogen and oxygen atoms in total. The molecule has 4 bridgehead atoms. The molecular formula is C28H36N4O2. The Kier molecular flexibility index (Phi) is 5.59. The highest BCUT2D eigenvalue weighted by Gasteiger charge is 2.51. The van der Waals surface area contributed by atoms with Crippen LogP contribution in [0.1, 0.15) is 67.3 Å². The van der Waals surface area contributed by atoms with Crippen LogP contribution in [-0.4, -0.2) is 34.4 Å². The minimum atomic E-state index is 0.152. The van der Waals surface area contributed by atoms with Crippen LogP contribution in [-0.2, 0) is 24.3 Å². The van der Waals surface area contributed by atoms with Crippen molar-refractivity contribution in [3.8, 4) is 5.75 Å². The number of nitrogens with one attached hydrogen (secondary N) is 1. The predicted molar refractivity (Wildman–Crippen MR) is 131 cm³/mol. The van der Waals surface area contributed by atoms with Crippen LogP contribution in [0.25, 0.3) is 0 Å². The van der Waals surface area contributed by atoms with Gasteiger partial charge in [-0.15, -0.1) is 0 Å². The lowest BCUT2D eigenvalue weighted by Crippen LogP contribution is -2.47. The van der Waals surface area contributed by atoms with Gasteiger partial charge in [0.1, 0.15) is 17.9 Å². The van der Waals surface area contributed by atoms with Crippen LogP contribution in [0.3, 0.4) is 0 Å². The third kappa shape index (κ3) is 4.21. The van der Waals surface area contributed by atoms with Gasteiger partial charge >= 0.3 is 0 Å². The lowest BCUT2D eigenvalue weighted by molar-refractivity contribution is -0.124. The second kappa shape index (κ2) is 8.63. The van der Waals surface area contributed by atoms with E-state index in [4.69, 9.17) is 4.74 Å². The smallest absolute Gasteiger partial charge is 0.226 e. The maximum Gasteiger partial charge on any atom is 0.226 e. The van der Waals surface area contributed by atoms with E-state index in [0.29, 0.717) is 6.42 Å². The van der Waals surface area contributed by atoms with Crippen molar-refractivity contribution in [2.45, 2.75) is 71.4 Å². The van der Waals surface area contributed by atoms with Gasteiger partial charge in [0.25, 0.3) is 0 Å². The summed E-state index contributed by atoms with van der Waals surface area (Å²) in [6.07, 6.45) is 11.1. The van der Waals surface area contributed by atoms with Crippen LogP contribution in [0.15, 0.2) is 24.5 Å². The Bertz CT molecular complexity index is 1060. The number of aromatic nitrogens is 2. The van der Waals surface area contributed by atoms with Crippen molar-refractivity contribution >= 4 is 11.7 Å². The number of carbonyl (C=O) groups excluding carboxylic acids is 1. The van der Waals surface area contributed by atoms with Gasteiger partial charge in [0, 0.05) is 31.6 Å². The molecule has 0 unspecified atom stereocenters. The zero-order valence-electron chi connectivity index (χ0n) is 20.5. The molecule has 34 heavy (non-hydrogen) atoms. The summed E-state index contributed by atoms with van der Waals surface area (Å²) in [5.74, 6) is 4.41. The van der Waals surface area contributed by atoms with E-state index in [1.165, 1.54) is 44.1 Å². The predicted octanol–water partition coefficient (Wildman–Crippen LogP) is 4.90. The van der Waals surface area contributed by atoms with Crippen molar-refractivity contribution in [2.75, 3.05) is 19.0 Å². The SMILES string of the molecule is COc1ccc(CN2CCc3c(ncnc3NC(=O)CC34CC5CC(CC(C5)C3)C4)C2)cc1C. The van der Waals surface area contributed by atoms with Gasteiger partial charge in [0.05, 0.1) is 12.8 Å². The average Bonchev–Trinajstić information content (AvgIpc) is 2.78. The first-order valence-electron chi connectivity index (χ1n) is 13.0. The third-order valence-corrected chi connectivity index (χ3v) is 8.91. The molecule has 180 valence electrons. The zero-order valence-corrected chi connectivity index (χ0v) is 20.5. The van der Waals surface area contributed by atoms with E-state index in [0.717, 1.165) is 72.2 Å². The number of ether oxygens (including phenoxy) is 1. The van der Waals surface area contributed by atoms with Gasteiger partial charge in [-0.05, 0) is 92.2 Å². The molecule has 0 spiro atoms. The lowest BCUT2D eigenvalue weighted by atomic mass is 9.49. The van der Waals surface area contributed by atoms with Gasteiger partial charge in [-0.1, -0.05) is 12.1 Å². The standard InChI is InChI=1S/C28H36N4O2/c1-18-7-19(3-4-25(18)34-2)15-32-6-5-23-24(16-32)29-17-30-27(23)31-26(33)14-28-11-20-8-21(12-28)10-22(9-20)13-28/h3-4,7,17,20-22H,5-6,8-16H2,1-2H3,(H,29,30,31,33). The molecule has 2 heterocycles. The van der Waals surface area contributed by atoms with Gasteiger partial charge in [0.15, 0.2) is 0 Å². The molecule has 1 aromatic carbocycles. The van der Waals surface area contributed by atoms with Gasteiger partial charge in [-0.2, -0.15) is 0 Å². The summed E-state index contributed by atoms with van der Waals surface area (Å²) in [6.45, 7) is 4.67. The maximum atomic E-state index is 13.2. The molecule has 0 radical (unpaired) electrons. The number of carbonyl (C=O) groups is 1. The fourth-order valence-corrected chi connectivity index (χ4v) is 7.97. The number of fused-ring (bicyclic) bond motifs is 1. The molecule has 0 atom stereocenters. The van der Waals surface area contributed by atoms with Gasteiger partial charge in [0.2, 0.25) is 5.91 Å². The quantitative estimate of drug-likeness (QED) is 0.664. The van der Waals surface area contributed by atoms with E-state index in [9.17, 15) is 4.79 Å². The number of methoxy groups -OCH3 is 1. The number of amides is 1. The first-order chi connectivity index (χ1) is 16.5. The van der Waals surface area contributed by atoms with Crippen molar-refractivity contribution < 1.29 is 9.53 Å². The Morgan fingerprint density at radius 2 is 1.88 bits per heavy atom. The maximum absolute atomic E-state index is 13.2. The van der Waals surface area contributed by atoms with Crippen molar-refractivity contribution in [1.29, 1.82) is 0 Å². The second-order valence-corrected chi connectivity index (χ2v) is 11.6. The van der Waals surface area contributed by atoms with Crippen LogP contribution in [0, 0.1) is 30.1 Å². The van der Waals surface area contributed by atoms with Gasteiger partial charge in [-0.3, -0.25) is 9.69 Å². The highest BCUT2D eigenvalue weighted by molar-refractivity contribution is 5.91. The number of rotatable bonds is 6. The summed E-state index contributed by atoms with van der Waals surface area (Å²) in [5.41, 5.74) is 4.84. The molecule has 4 fully saturated rings. The van der Waals surface area contributed by atoms with E-state index >= 15 is 0 Å². The van der Waals surface area contributed by atoms with E-state index in [1.807, 2.05) is 6.07 Å². The van der Waals surface area contributed by atoms with E-state index < -0.39 is 0 Å². The Morgan fingerprint density at radius 3 is 2.56 bits per heavy atom. The number of anilines is 1. The normalized spacial score (nSPS) is 29.6. The molecule has 1 aromatic heterocycles. The molecule has 4 aliphatic carbocycles. The number of hydrogen-bond donors (Lipinski definition) is 1. The summed E-state index contributed by atoms with van der Waals surface area (Å²) < 4.78 is 5.39. The molecule has 6 heteroatoms. The fourth-order valence-electron chi connectivity index (χ4n) is 7.97. The van der Waals surface area contributed by atoms with E-state index in [1.54, 1.807) is 13.4 Å². The summed E-state index contributed by atoms with van der Waals surface area (Å²) in [7, 11) is 1.71. The Hall–Kier alpha value is -2.47. The van der Waals surface area contributed by atoms with Crippen LogP contribution in [0.4, 0.5) is 5.82 Å². The molecule has 0 saturated heterocycles. The molecule has 1 amide bonds. The van der Waals surface area contributed by atoms with Crippen LogP contribution in [0.2, 0.25) is 0 Å². The van der Waals surface area contributed by atoms with E-state index in [2.05, 4.69) is 39.2 Å². The molecule has 5 aliphatic rings. The minimum absolute atomic E-state index is 0.152. The molecule has 7 rings (SSSR count). The topological polar surface area (TPSA) is 67.3 Å². The van der Waals surface area contributed by atoms with Crippen LogP contribution in [0.5, 0.6) is 5.75 Å². The molecular weight excluding hydrogens is 424 g/mol. The Labute approximate surface area is 202 Å². The third-order valence-electron chi connectivity index (χ3n) is 8.91. The largest absolute Gasteiger partial charge is 0.496 e. The lowest BCUT2D eigenvalue weighted by Gasteiger charge is -2.56. The minimum Gasteiger partial charge on any atom is -0.496 e. The van der Waals surface area contributed by atoms with Crippen molar-refractivity contribution in [2.24, 2.45) is 23.2 Å². The number of nitrogens with zero attached hydrogens (tertiary/aromatic N) is 3. The average molecular weight is 461 g/mol.